The van der Waals surface area contributed by atoms with Gasteiger partial charge in [0.05, 0.1) is 6.67 Å². The first-order valence-electron chi connectivity index (χ1n) is 13.4. The molecule has 0 aromatic heterocycles. The van der Waals surface area contributed by atoms with Crippen LogP contribution in [0.25, 0.3) is 0 Å². The van der Waals surface area contributed by atoms with Crippen molar-refractivity contribution in [2.24, 2.45) is 5.41 Å². The highest BCUT2D eigenvalue weighted by Gasteiger charge is 2.65. The van der Waals surface area contributed by atoms with Gasteiger partial charge in [0, 0.05) is 11.1 Å². The van der Waals surface area contributed by atoms with E-state index in [9.17, 15) is 9.59 Å². The Labute approximate surface area is 225 Å². The van der Waals surface area contributed by atoms with E-state index in [0.29, 0.717) is 19.5 Å². The van der Waals surface area contributed by atoms with E-state index in [2.05, 4.69) is 22.3 Å². The number of esters is 1. The van der Waals surface area contributed by atoms with Crippen LogP contribution < -0.4 is 10.2 Å². The minimum Gasteiger partial charge on any atom is -0.459 e. The molecule has 3 aromatic rings. The van der Waals surface area contributed by atoms with Gasteiger partial charge < -0.3 is 19.9 Å². The fourth-order valence-corrected chi connectivity index (χ4v) is 6.26. The smallest absolute Gasteiger partial charge is 0.337 e. The van der Waals surface area contributed by atoms with Crippen LogP contribution in [0.2, 0.25) is 0 Å². The van der Waals surface area contributed by atoms with Crippen LogP contribution in [0.1, 0.15) is 44.7 Å². The van der Waals surface area contributed by atoms with Gasteiger partial charge in [-0.05, 0) is 49.2 Å². The van der Waals surface area contributed by atoms with Gasteiger partial charge in [0.2, 0.25) is 0 Å². The Morgan fingerprint density at radius 2 is 1.42 bits per heavy atom. The third-order valence-corrected chi connectivity index (χ3v) is 8.13. The zero-order chi connectivity index (χ0) is 26.8. The number of anilines is 1. The maximum absolute atomic E-state index is 14.8. The molecule has 0 unspecified atom stereocenters. The van der Waals surface area contributed by atoms with Crippen LogP contribution in [-0.4, -0.2) is 42.1 Å². The summed E-state index contributed by atoms with van der Waals surface area (Å²) in [7, 11) is 0. The summed E-state index contributed by atoms with van der Waals surface area (Å²) in [4.78, 5) is 33.3. The molecule has 6 heteroatoms. The van der Waals surface area contributed by atoms with E-state index in [1.807, 2.05) is 105 Å². The zero-order valence-corrected chi connectivity index (χ0v) is 22.5. The summed E-state index contributed by atoms with van der Waals surface area (Å²) < 4.78 is 6.09. The Hall–Kier alpha value is -3.64. The Kier molecular flexibility index (Phi) is 7.01. The molecule has 198 valence electrons. The molecule has 2 fully saturated rings. The molecule has 0 aliphatic carbocycles. The lowest BCUT2D eigenvalue weighted by Gasteiger charge is -2.48. The highest BCUT2D eigenvalue weighted by atomic mass is 16.5. The third kappa shape index (κ3) is 4.27. The standard InChI is InChI=1S/C32H37N3O3/c1-30(2,3)32(26-15-9-5-10-16-26,29(37)38-23-25-13-7-4-8-14-25)35-24-34(27-17-11-6-12-18-27)31(28(35)36)19-21-33-22-20-31/h4-18,33H,19-24H2,1-3H3/t32-/m1/s1. The van der Waals surface area contributed by atoms with Crippen molar-refractivity contribution in [3.05, 3.63) is 102 Å². The average molecular weight is 512 g/mol. The highest BCUT2D eigenvalue weighted by Crippen LogP contribution is 2.51. The third-order valence-electron chi connectivity index (χ3n) is 8.13. The topological polar surface area (TPSA) is 61.9 Å². The first-order chi connectivity index (χ1) is 18.3. The minimum absolute atomic E-state index is 0.0155. The van der Waals surface area contributed by atoms with Crippen molar-refractivity contribution in [2.45, 2.75) is 51.3 Å². The van der Waals surface area contributed by atoms with Crippen LogP contribution in [0.5, 0.6) is 0 Å². The van der Waals surface area contributed by atoms with Gasteiger partial charge in [-0.15, -0.1) is 0 Å². The summed E-state index contributed by atoms with van der Waals surface area (Å²) in [5.74, 6) is -0.425. The molecule has 1 N–H and O–H groups in total. The average Bonchev–Trinajstić information content (AvgIpc) is 3.20. The summed E-state index contributed by atoms with van der Waals surface area (Å²) in [5, 5.41) is 3.42. The maximum Gasteiger partial charge on any atom is 0.337 e. The molecule has 1 atom stereocenters. The molecule has 1 spiro atoms. The van der Waals surface area contributed by atoms with Gasteiger partial charge in [-0.2, -0.15) is 0 Å². The van der Waals surface area contributed by atoms with Crippen LogP contribution in [0.3, 0.4) is 0 Å². The molecule has 2 aliphatic rings. The predicted molar refractivity (Wildman–Crippen MR) is 149 cm³/mol. The number of hydrogen-bond acceptors (Lipinski definition) is 5. The number of amides is 1. The SMILES string of the molecule is CC(C)(C)[C@](C(=O)OCc1ccccc1)(c1ccccc1)N1CN(c2ccccc2)C2(CCNCC2)C1=O. The fourth-order valence-electron chi connectivity index (χ4n) is 6.26. The second-order valence-corrected chi connectivity index (χ2v) is 11.3. The number of carbonyl (C=O) groups excluding carboxylic acids is 2. The molecule has 3 aromatic carbocycles. The Morgan fingerprint density at radius 3 is 2.00 bits per heavy atom. The van der Waals surface area contributed by atoms with Gasteiger partial charge in [0.25, 0.3) is 5.91 Å². The molecule has 6 nitrogen and oxygen atoms in total. The molecule has 2 heterocycles. The van der Waals surface area contributed by atoms with E-state index in [0.717, 1.165) is 29.9 Å². The van der Waals surface area contributed by atoms with Gasteiger partial charge >= 0.3 is 5.97 Å². The highest BCUT2D eigenvalue weighted by molar-refractivity contribution is 5.99. The number of rotatable bonds is 6. The molecule has 38 heavy (non-hydrogen) atoms. The van der Waals surface area contributed by atoms with Crippen molar-refractivity contribution in [1.82, 2.24) is 10.2 Å². The van der Waals surface area contributed by atoms with E-state index in [1.165, 1.54) is 0 Å². The fraction of sp³-hybridized carbons (Fsp3) is 0.375. The van der Waals surface area contributed by atoms with Crippen LogP contribution in [0, 0.1) is 5.41 Å². The minimum atomic E-state index is -1.33. The van der Waals surface area contributed by atoms with Crippen molar-refractivity contribution in [3.8, 4) is 0 Å². The Bertz CT molecular complexity index is 1250. The van der Waals surface area contributed by atoms with Gasteiger partial charge in [-0.25, -0.2) is 4.79 Å². The second kappa shape index (κ2) is 10.3. The Balaban J connectivity index is 1.65. The lowest BCUT2D eigenvalue weighted by molar-refractivity contribution is -0.175. The van der Waals surface area contributed by atoms with Crippen molar-refractivity contribution in [3.63, 3.8) is 0 Å². The maximum atomic E-state index is 14.8. The monoisotopic (exact) mass is 511 g/mol. The Morgan fingerprint density at radius 1 is 0.868 bits per heavy atom. The van der Waals surface area contributed by atoms with E-state index in [1.54, 1.807) is 0 Å². The lowest BCUT2D eigenvalue weighted by atomic mass is 9.67. The first kappa shape index (κ1) is 26.0. The van der Waals surface area contributed by atoms with Crippen molar-refractivity contribution >= 4 is 17.6 Å². The molecule has 5 rings (SSSR count). The quantitative estimate of drug-likeness (QED) is 0.467. The van der Waals surface area contributed by atoms with E-state index in [4.69, 9.17) is 4.74 Å². The van der Waals surface area contributed by atoms with Gasteiger partial charge in [0.15, 0.2) is 5.54 Å². The number of nitrogens with one attached hydrogen (secondary N) is 1. The molecule has 2 aliphatic heterocycles. The van der Waals surface area contributed by atoms with Crippen LogP contribution in [-0.2, 0) is 26.5 Å². The molecule has 0 saturated carbocycles. The molecule has 1 amide bonds. The van der Waals surface area contributed by atoms with Crippen molar-refractivity contribution in [2.75, 3.05) is 24.7 Å². The molecule has 0 bridgehead atoms. The predicted octanol–water partition coefficient (Wildman–Crippen LogP) is 5.10. The van der Waals surface area contributed by atoms with E-state index < -0.39 is 22.5 Å². The summed E-state index contributed by atoms with van der Waals surface area (Å²) in [6.07, 6.45) is 1.34. The van der Waals surface area contributed by atoms with Gasteiger partial charge in [0.1, 0.15) is 12.1 Å². The molecular formula is C32H37N3O3. The zero-order valence-electron chi connectivity index (χ0n) is 22.5. The number of ether oxygens (including phenoxy) is 1. The number of para-hydroxylation sites is 1. The van der Waals surface area contributed by atoms with Crippen LogP contribution in [0.4, 0.5) is 5.69 Å². The molecule has 2 saturated heterocycles. The number of carbonyl (C=O) groups is 2. The number of piperidine rings is 1. The lowest BCUT2D eigenvalue weighted by Crippen LogP contribution is -2.63. The summed E-state index contributed by atoms with van der Waals surface area (Å²) in [5.41, 5.74) is -0.0700. The summed E-state index contributed by atoms with van der Waals surface area (Å²) in [6.45, 7) is 8.01. The second-order valence-electron chi connectivity index (χ2n) is 11.3. The van der Waals surface area contributed by atoms with E-state index >= 15 is 0 Å². The van der Waals surface area contributed by atoms with Crippen molar-refractivity contribution < 1.29 is 14.3 Å². The van der Waals surface area contributed by atoms with E-state index in [-0.39, 0.29) is 12.5 Å². The first-order valence-corrected chi connectivity index (χ1v) is 13.4. The largest absolute Gasteiger partial charge is 0.459 e. The van der Waals surface area contributed by atoms with Crippen molar-refractivity contribution in [1.29, 1.82) is 0 Å². The number of benzene rings is 3. The van der Waals surface area contributed by atoms with Gasteiger partial charge in [-0.3, -0.25) is 4.79 Å². The molecular weight excluding hydrogens is 474 g/mol. The van der Waals surface area contributed by atoms with Crippen LogP contribution >= 0.6 is 0 Å². The summed E-state index contributed by atoms with van der Waals surface area (Å²) >= 11 is 0. The number of hydrogen-bond donors (Lipinski definition) is 1. The summed E-state index contributed by atoms with van der Waals surface area (Å²) in [6, 6.07) is 29.4. The normalized spacial score (nSPS) is 18.9. The number of nitrogens with zero attached hydrogens (tertiary/aromatic N) is 2. The van der Waals surface area contributed by atoms with Gasteiger partial charge in [-0.1, -0.05) is 99.6 Å². The van der Waals surface area contributed by atoms with Crippen LogP contribution in [0.15, 0.2) is 91.0 Å². The molecule has 0 radical (unpaired) electrons.